The zero-order chi connectivity index (χ0) is 18.4. The number of rotatable bonds is 7. The van der Waals surface area contributed by atoms with Crippen LogP contribution in [0.25, 0.3) is 0 Å². The van der Waals surface area contributed by atoms with Crippen molar-refractivity contribution < 1.29 is 4.79 Å². The topological polar surface area (TPSA) is 63.1 Å². The predicted molar refractivity (Wildman–Crippen MR) is 101 cm³/mol. The second-order valence-electron chi connectivity index (χ2n) is 6.72. The first-order valence-electron chi connectivity index (χ1n) is 8.91. The number of aryl methyl sites for hydroxylation is 1. The molecule has 0 saturated heterocycles. The van der Waals surface area contributed by atoms with Gasteiger partial charge in [-0.3, -0.25) is 15.0 Å². The Morgan fingerprint density at radius 1 is 1.40 bits per heavy atom. The molecule has 0 unspecified atom stereocenters. The van der Waals surface area contributed by atoms with E-state index in [0.29, 0.717) is 11.7 Å². The highest BCUT2D eigenvalue weighted by atomic mass is 16.2. The Bertz CT molecular complexity index is 680. The van der Waals surface area contributed by atoms with E-state index in [1.54, 1.807) is 15.8 Å². The minimum atomic E-state index is -0.136. The number of unbranched alkanes of at least 4 members (excludes halogenated alkanes) is 1. The van der Waals surface area contributed by atoms with Crippen molar-refractivity contribution in [1.82, 2.24) is 19.7 Å². The Labute approximate surface area is 150 Å². The molecule has 2 aromatic heterocycles. The predicted octanol–water partition coefficient (Wildman–Crippen LogP) is 4.33. The molecule has 0 saturated carbocycles. The number of amides is 2. The molecule has 2 amide bonds. The molecule has 6 heteroatoms. The minimum absolute atomic E-state index is 0.00597. The van der Waals surface area contributed by atoms with Gasteiger partial charge in [0.2, 0.25) is 0 Å². The molecule has 0 aliphatic rings. The van der Waals surface area contributed by atoms with Crippen molar-refractivity contribution in [3.63, 3.8) is 0 Å². The van der Waals surface area contributed by atoms with E-state index >= 15 is 0 Å². The number of anilines is 1. The Balaban J connectivity index is 2.15. The van der Waals surface area contributed by atoms with E-state index in [-0.39, 0.29) is 12.1 Å². The average molecular weight is 343 g/mol. The summed E-state index contributed by atoms with van der Waals surface area (Å²) in [6.07, 6.45) is 6.65. The Kier molecular flexibility index (Phi) is 6.56. The molecule has 0 aliphatic heterocycles. The average Bonchev–Trinajstić information content (AvgIpc) is 2.97. The van der Waals surface area contributed by atoms with Gasteiger partial charge in [-0.2, -0.15) is 5.10 Å². The first-order valence-corrected chi connectivity index (χ1v) is 8.91. The van der Waals surface area contributed by atoms with Gasteiger partial charge in [0.25, 0.3) is 0 Å². The van der Waals surface area contributed by atoms with Crippen molar-refractivity contribution in [2.45, 2.75) is 52.0 Å². The molecule has 0 bridgehead atoms. The quantitative estimate of drug-likeness (QED) is 0.813. The summed E-state index contributed by atoms with van der Waals surface area (Å²) in [5.41, 5.74) is 2.02. The van der Waals surface area contributed by atoms with Gasteiger partial charge in [-0.1, -0.05) is 39.7 Å². The highest BCUT2D eigenvalue weighted by molar-refractivity contribution is 5.88. The third-order valence-corrected chi connectivity index (χ3v) is 4.41. The van der Waals surface area contributed by atoms with E-state index in [1.165, 1.54) is 0 Å². The zero-order valence-corrected chi connectivity index (χ0v) is 15.9. The van der Waals surface area contributed by atoms with Crippen LogP contribution >= 0.6 is 0 Å². The van der Waals surface area contributed by atoms with Gasteiger partial charge in [0.05, 0.1) is 11.7 Å². The van der Waals surface area contributed by atoms with Crippen molar-refractivity contribution in [1.29, 1.82) is 0 Å². The van der Waals surface area contributed by atoms with E-state index in [9.17, 15) is 4.79 Å². The summed E-state index contributed by atoms with van der Waals surface area (Å²) in [5, 5.41) is 7.43. The first kappa shape index (κ1) is 19.0. The molecule has 25 heavy (non-hydrogen) atoms. The summed E-state index contributed by atoms with van der Waals surface area (Å²) >= 11 is 0. The smallest absolute Gasteiger partial charge is 0.320 e. The van der Waals surface area contributed by atoms with Gasteiger partial charge >= 0.3 is 6.03 Å². The van der Waals surface area contributed by atoms with Crippen molar-refractivity contribution >= 4 is 11.8 Å². The minimum Gasteiger partial charge on any atom is -0.320 e. The molecule has 1 N–H and O–H groups in total. The van der Waals surface area contributed by atoms with Crippen LogP contribution in [0.15, 0.2) is 30.6 Å². The van der Waals surface area contributed by atoms with Crippen molar-refractivity contribution in [3.8, 4) is 0 Å². The van der Waals surface area contributed by atoms with Crippen LogP contribution in [-0.4, -0.2) is 32.7 Å². The largest absolute Gasteiger partial charge is 0.323 e. The monoisotopic (exact) mass is 343 g/mol. The fraction of sp³-hybridized carbons (Fsp3) is 0.526. The number of carbonyl (C=O) groups is 1. The third-order valence-electron chi connectivity index (χ3n) is 4.41. The number of urea groups is 1. The van der Waals surface area contributed by atoms with E-state index < -0.39 is 0 Å². The normalized spacial score (nSPS) is 12.2. The maximum absolute atomic E-state index is 12.8. The van der Waals surface area contributed by atoms with Crippen molar-refractivity contribution in [2.75, 3.05) is 12.4 Å². The highest BCUT2D eigenvalue weighted by Crippen LogP contribution is 2.26. The molecular weight excluding hydrogens is 314 g/mol. The molecule has 136 valence electrons. The fourth-order valence-corrected chi connectivity index (χ4v) is 2.78. The van der Waals surface area contributed by atoms with Crippen LogP contribution in [0.2, 0.25) is 0 Å². The van der Waals surface area contributed by atoms with E-state index in [4.69, 9.17) is 0 Å². The highest BCUT2D eigenvalue weighted by Gasteiger charge is 2.22. The summed E-state index contributed by atoms with van der Waals surface area (Å²) in [7, 11) is 3.68. The van der Waals surface area contributed by atoms with Gasteiger partial charge in [-0.05, 0) is 24.0 Å². The van der Waals surface area contributed by atoms with Crippen LogP contribution in [0.3, 0.4) is 0 Å². The van der Waals surface area contributed by atoms with E-state index in [1.807, 2.05) is 38.5 Å². The Hall–Kier alpha value is -2.37. The summed E-state index contributed by atoms with van der Waals surface area (Å²) in [5.74, 6) is 1.03. The van der Waals surface area contributed by atoms with Gasteiger partial charge in [0.15, 0.2) is 0 Å². The van der Waals surface area contributed by atoms with Gasteiger partial charge in [0.1, 0.15) is 5.82 Å². The maximum Gasteiger partial charge on any atom is 0.323 e. The number of hydrogen-bond acceptors (Lipinski definition) is 3. The number of hydrogen-bond donors (Lipinski definition) is 1. The molecule has 2 heterocycles. The number of aromatic nitrogens is 3. The summed E-state index contributed by atoms with van der Waals surface area (Å²) < 4.78 is 1.71. The molecule has 0 aromatic carbocycles. The molecule has 2 rings (SSSR count). The Morgan fingerprint density at radius 2 is 2.16 bits per heavy atom. The van der Waals surface area contributed by atoms with Crippen LogP contribution in [-0.2, 0) is 7.05 Å². The molecule has 0 spiro atoms. The molecular formula is C19H29N5O. The summed E-state index contributed by atoms with van der Waals surface area (Å²) in [6.45, 7) is 6.33. The number of nitrogens with zero attached hydrogens (tertiary/aromatic N) is 4. The molecule has 6 nitrogen and oxygen atoms in total. The second-order valence-corrected chi connectivity index (χ2v) is 6.72. The van der Waals surface area contributed by atoms with Crippen molar-refractivity contribution in [2.24, 2.45) is 7.05 Å². The summed E-state index contributed by atoms with van der Waals surface area (Å²) in [4.78, 5) is 18.7. The molecule has 0 radical (unpaired) electrons. The van der Waals surface area contributed by atoms with Crippen molar-refractivity contribution in [3.05, 3.63) is 41.9 Å². The van der Waals surface area contributed by atoms with Crippen LogP contribution < -0.4 is 5.32 Å². The maximum atomic E-state index is 12.8. The number of pyridine rings is 1. The molecule has 2 aromatic rings. The van der Waals surface area contributed by atoms with Crippen LogP contribution in [0, 0.1) is 0 Å². The summed E-state index contributed by atoms with van der Waals surface area (Å²) in [6, 6.07) is 5.74. The van der Waals surface area contributed by atoms with Crippen LogP contribution in [0.5, 0.6) is 0 Å². The number of carbonyl (C=O) groups excluding carboxylic acids is 1. The lowest BCUT2D eigenvalue weighted by Gasteiger charge is -2.28. The van der Waals surface area contributed by atoms with Crippen LogP contribution in [0.4, 0.5) is 10.6 Å². The zero-order valence-electron chi connectivity index (χ0n) is 15.9. The first-order chi connectivity index (χ1) is 11.9. The Morgan fingerprint density at radius 3 is 2.72 bits per heavy atom. The second kappa shape index (κ2) is 8.65. The fourth-order valence-electron chi connectivity index (χ4n) is 2.78. The molecule has 0 aliphatic carbocycles. The van der Waals surface area contributed by atoms with Gasteiger partial charge in [0, 0.05) is 32.6 Å². The lowest BCUT2D eigenvalue weighted by Crippen LogP contribution is -2.35. The van der Waals surface area contributed by atoms with Gasteiger partial charge < -0.3 is 4.90 Å². The lowest BCUT2D eigenvalue weighted by atomic mass is 10.0. The van der Waals surface area contributed by atoms with E-state index in [2.05, 4.69) is 36.2 Å². The SMILES string of the molecule is CCCC[C@@H](c1cccnc1)N(C)C(=O)Nc1cc(C(C)C)nn1C. The number of nitrogens with one attached hydrogen (secondary N) is 1. The third kappa shape index (κ3) is 4.81. The molecule has 1 atom stereocenters. The van der Waals surface area contributed by atoms with Gasteiger partial charge in [-0.25, -0.2) is 4.79 Å². The van der Waals surface area contributed by atoms with Gasteiger partial charge in [-0.15, -0.1) is 0 Å². The standard InChI is InChI=1S/C19H29N5O/c1-6-7-10-17(15-9-8-11-20-13-15)23(4)19(25)21-18-12-16(14(2)3)22-24(18)5/h8-9,11-14,17H,6-7,10H2,1-5H3,(H,21,25)/t17-/m0/s1. The van der Waals surface area contributed by atoms with Crippen LogP contribution in [0.1, 0.15) is 63.3 Å². The van der Waals surface area contributed by atoms with E-state index in [0.717, 1.165) is 30.5 Å². The molecule has 0 fully saturated rings. The lowest BCUT2D eigenvalue weighted by molar-refractivity contribution is 0.199.